The second-order valence-electron chi connectivity index (χ2n) is 4.21. The van der Waals surface area contributed by atoms with Crippen molar-refractivity contribution in [1.29, 1.82) is 5.26 Å². The van der Waals surface area contributed by atoms with Crippen LogP contribution in [0, 0.1) is 18.3 Å². The summed E-state index contributed by atoms with van der Waals surface area (Å²) >= 11 is 0. The van der Waals surface area contributed by atoms with E-state index in [0.717, 1.165) is 11.4 Å². The van der Waals surface area contributed by atoms with Gasteiger partial charge < -0.3 is 14.0 Å². The number of aryl methyl sites for hydroxylation is 1. The number of hydrogen-bond acceptors (Lipinski definition) is 4. The molecule has 20 heavy (non-hydrogen) atoms. The summed E-state index contributed by atoms with van der Waals surface area (Å²) in [6, 6.07) is 8.73. The Morgan fingerprint density at radius 1 is 1.15 bits per heavy atom. The Morgan fingerprint density at radius 3 is 2.45 bits per heavy atom. The lowest BCUT2D eigenvalue weighted by atomic mass is 10.2. The zero-order chi connectivity index (χ0) is 14.7. The molecule has 0 fully saturated rings. The average Bonchev–Trinajstić information content (AvgIpc) is 2.46. The van der Waals surface area contributed by atoms with Crippen molar-refractivity contribution in [3.8, 4) is 23.3 Å². The molecule has 0 aliphatic carbocycles. The Kier molecular flexibility index (Phi) is 3.76. The molecule has 0 aliphatic heterocycles. The molecule has 0 amide bonds. The van der Waals surface area contributed by atoms with E-state index in [2.05, 4.69) is 0 Å². The Labute approximate surface area is 116 Å². The summed E-state index contributed by atoms with van der Waals surface area (Å²) in [4.78, 5) is 11.6. The van der Waals surface area contributed by atoms with Gasteiger partial charge in [-0.2, -0.15) is 5.26 Å². The number of ether oxygens (including phenoxy) is 2. The molecular formula is C15H14N2O3. The zero-order valence-corrected chi connectivity index (χ0v) is 11.5. The van der Waals surface area contributed by atoms with Crippen LogP contribution in [0.5, 0.6) is 11.5 Å². The first-order chi connectivity index (χ1) is 9.60. The van der Waals surface area contributed by atoms with E-state index in [0.29, 0.717) is 11.5 Å². The minimum Gasteiger partial charge on any atom is -0.493 e. The number of nitriles is 1. The Balaban J connectivity index is 2.63. The lowest BCUT2D eigenvalue weighted by molar-refractivity contribution is 0.355. The number of rotatable bonds is 3. The third-order valence-corrected chi connectivity index (χ3v) is 3.01. The van der Waals surface area contributed by atoms with Crippen LogP contribution in [-0.2, 0) is 0 Å². The number of hydrogen-bond donors (Lipinski definition) is 0. The van der Waals surface area contributed by atoms with Crippen LogP contribution in [0.25, 0.3) is 5.69 Å². The highest BCUT2D eigenvalue weighted by atomic mass is 16.5. The predicted molar refractivity (Wildman–Crippen MR) is 74.6 cm³/mol. The Bertz CT molecular complexity index is 742. The molecule has 0 bridgehead atoms. The van der Waals surface area contributed by atoms with Crippen LogP contribution >= 0.6 is 0 Å². The number of benzene rings is 1. The second-order valence-corrected chi connectivity index (χ2v) is 4.21. The van der Waals surface area contributed by atoms with Gasteiger partial charge in [0.25, 0.3) is 0 Å². The summed E-state index contributed by atoms with van der Waals surface area (Å²) in [5.74, 6) is 1.21. The van der Waals surface area contributed by atoms with Crippen LogP contribution in [0.1, 0.15) is 11.3 Å². The van der Waals surface area contributed by atoms with Crippen LogP contribution < -0.4 is 14.9 Å². The topological polar surface area (TPSA) is 64.2 Å². The van der Waals surface area contributed by atoms with Gasteiger partial charge in [0.1, 0.15) is 11.6 Å². The highest BCUT2D eigenvalue weighted by Gasteiger charge is 2.09. The van der Waals surface area contributed by atoms with Gasteiger partial charge in [0.15, 0.2) is 16.9 Å². The SMILES string of the molecule is COc1ccc(-n2cc(C#N)c(=O)cc2C)cc1OC. The van der Waals surface area contributed by atoms with Gasteiger partial charge in [-0.05, 0) is 19.1 Å². The van der Waals surface area contributed by atoms with Gasteiger partial charge in [0, 0.05) is 29.7 Å². The monoisotopic (exact) mass is 270 g/mol. The molecule has 102 valence electrons. The fraction of sp³-hybridized carbons (Fsp3) is 0.200. The number of nitrogens with zero attached hydrogens (tertiary/aromatic N) is 2. The van der Waals surface area contributed by atoms with Gasteiger partial charge in [-0.1, -0.05) is 0 Å². The van der Waals surface area contributed by atoms with E-state index in [1.807, 2.05) is 12.1 Å². The molecule has 0 unspecified atom stereocenters. The number of pyridine rings is 1. The van der Waals surface area contributed by atoms with E-state index in [4.69, 9.17) is 14.7 Å². The van der Waals surface area contributed by atoms with Crippen molar-refractivity contribution in [2.45, 2.75) is 6.92 Å². The molecule has 0 saturated heterocycles. The number of methoxy groups -OCH3 is 2. The second kappa shape index (κ2) is 5.49. The molecule has 0 atom stereocenters. The average molecular weight is 270 g/mol. The van der Waals surface area contributed by atoms with E-state index in [9.17, 15) is 4.79 Å². The molecule has 0 N–H and O–H groups in total. The molecule has 0 saturated carbocycles. The summed E-state index contributed by atoms with van der Waals surface area (Å²) in [7, 11) is 3.12. The van der Waals surface area contributed by atoms with Gasteiger partial charge in [-0.25, -0.2) is 0 Å². The molecule has 1 aromatic carbocycles. The van der Waals surface area contributed by atoms with E-state index in [1.54, 1.807) is 37.8 Å². The summed E-state index contributed by atoms with van der Waals surface area (Å²) in [5, 5.41) is 8.96. The highest BCUT2D eigenvalue weighted by molar-refractivity contribution is 5.50. The van der Waals surface area contributed by atoms with Crippen molar-refractivity contribution in [2.24, 2.45) is 0 Å². The molecule has 1 heterocycles. The van der Waals surface area contributed by atoms with E-state index >= 15 is 0 Å². The van der Waals surface area contributed by atoms with Crippen LogP contribution in [0.3, 0.4) is 0 Å². The molecule has 0 spiro atoms. The standard InChI is InChI=1S/C15H14N2O3/c1-10-6-13(18)11(8-16)9-17(10)12-4-5-14(19-2)15(7-12)20-3/h4-7,9H,1-3H3. The minimum absolute atomic E-state index is 0.102. The third kappa shape index (κ3) is 2.36. The zero-order valence-electron chi connectivity index (χ0n) is 11.5. The van der Waals surface area contributed by atoms with E-state index in [-0.39, 0.29) is 11.0 Å². The normalized spacial score (nSPS) is 9.90. The van der Waals surface area contributed by atoms with Crippen molar-refractivity contribution in [2.75, 3.05) is 14.2 Å². The Hall–Kier alpha value is -2.74. The summed E-state index contributed by atoms with van der Waals surface area (Å²) in [6.07, 6.45) is 1.53. The van der Waals surface area contributed by atoms with E-state index < -0.39 is 0 Å². The largest absolute Gasteiger partial charge is 0.493 e. The van der Waals surface area contributed by atoms with Gasteiger partial charge in [0.05, 0.1) is 14.2 Å². The van der Waals surface area contributed by atoms with Crippen molar-refractivity contribution < 1.29 is 9.47 Å². The Morgan fingerprint density at radius 2 is 1.85 bits per heavy atom. The van der Waals surface area contributed by atoms with Crippen LogP contribution in [0.4, 0.5) is 0 Å². The molecular weight excluding hydrogens is 256 g/mol. The van der Waals surface area contributed by atoms with Gasteiger partial charge in [-0.15, -0.1) is 0 Å². The molecule has 0 aliphatic rings. The van der Waals surface area contributed by atoms with Crippen LogP contribution in [0.15, 0.2) is 35.3 Å². The van der Waals surface area contributed by atoms with Crippen molar-refractivity contribution in [1.82, 2.24) is 4.57 Å². The third-order valence-electron chi connectivity index (χ3n) is 3.01. The molecule has 2 aromatic rings. The summed E-state index contributed by atoms with van der Waals surface area (Å²) in [6.45, 7) is 1.80. The quantitative estimate of drug-likeness (QED) is 0.856. The summed E-state index contributed by atoms with van der Waals surface area (Å²) < 4.78 is 12.2. The van der Waals surface area contributed by atoms with Crippen molar-refractivity contribution in [3.05, 3.63) is 51.9 Å². The van der Waals surface area contributed by atoms with Gasteiger partial charge in [-0.3, -0.25) is 4.79 Å². The highest BCUT2D eigenvalue weighted by Crippen LogP contribution is 2.29. The summed E-state index contributed by atoms with van der Waals surface area (Å²) in [5.41, 5.74) is 1.35. The lowest BCUT2D eigenvalue weighted by Gasteiger charge is -2.14. The fourth-order valence-corrected chi connectivity index (χ4v) is 1.97. The van der Waals surface area contributed by atoms with Crippen LogP contribution in [-0.4, -0.2) is 18.8 Å². The van der Waals surface area contributed by atoms with Crippen molar-refractivity contribution >= 4 is 0 Å². The molecule has 1 aromatic heterocycles. The molecule has 5 heteroatoms. The van der Waals surface area contributed by atoms with E-state index in [1.165, 1.54) is 12.3 Å². The maximum atomic E-state index is 11.6. The lowest BCUT2D eigenvalue weighted by Crippen LogP contribution is -2.12. The first-order valence-corrected chi connectivity index (χ1v) is 5.96. The fourth-order valence-electron chi connectivity index (χ4n) is 1.97. The maximum absolute atomic E-state index is 11.6. The van der Waals surface area contributed by atoms with Gasteiger partial charge >= 0.3 is 0 Å². The molecule has 0 radical (unpaired) electrons. The maximum Gasteiger partial charge on any atom is 0.199 e. The van der Waals surface area contributed by atoms with Crippen LogP contribution in [0.2, 0.25) is 0 Å². The number of aromatic nitrogens is 1. The van der Waals surface area contributed by atoms with Gasteiger partial charge in [0.2, 0.25) is 0 Å². The molecule has 2 rings (SSSR count). The van der Waals surface area contributed by atoms with Crippen molar-refractivity contribution in [3.63, 3.8) is 0 Å². The molecule has 5 nitrogen and oxygen atoms in total. The minimum atomic E-state index is -0.276. The first-order valence-electron chi connectivity index (χ1n) is 5.96. The smallest absolute Gasteiger partial charge is 0.199 e. The predicted octanol–water partition coefficient (Wildman–Crippen LogP) is 2.03. The first kappa shape index (κ1) is 13.7.